The quantitative estimate of drug-likeness (QED) is 0.0444. The summed E-state index contributed by atoms with van der Waals surface area (Å²) in [5, 5.41) is 0. The van der Waals surface area contributed by atoms with E-state index in [4.69, 9.17) is 61.6 Å². The normalized spacial score (nSPS) is 11.6. The van der Waals surface area contributed by atoms with Crippen LogP contribution in [0.25, 0.3) is 0 Å². The van der Waals surface area contributed by atoms with Crippen LogP contribution < -0.4 is 0 Å². The van der Waals surface area contributed by atoms with E-state index in [0.717, 1.165) is 25.9 Å². The lowest BCUT2D eigenvalue weighted by Crippen LogP contribution is -2.15. The first-order chi connectivity index (χ1) is 29.3. The number of carbonyl (C=O) groups excluding carboxylic acids is 1. The molecule has 14 nitrogen and oxygen atoms in total. The molecule has 14 heteroatoms. The summed E-state index contributed by atoms with van der Waals surface area (Å²) in [5.74, 6) is -0.143. The van der Waals surface area contributed by atoms with E-state index in [0.29, 0.717) is 158 Å². The van der Waals surface area contributed by atoms with Gasteiger partial charge in [0, 0.05) is 13.0 Å². The molecule has 0 aromatic carbocycles. The first-order valence-corrected chi connectivity index (χ1v) is 23.4. The monoisotopic (exact) mass is 855 g/mol. The number of esters is 1. The Hall–Kier alpha value is -1.01. The highest BCUT2D eigenvalue weighted by molar-refractivity contribution is 5.69. The molecule has 0 aliphatic rings. The highest BCUT2D eigenvalue weighted by Crippen LogP contribution is 2.10. The molecule has 0 rings (SSSR count). The molecule has 0 saturated carbocycles. The second-order valence-corrected chi connectivity index (χ2v) is 14.3. The van der Waals surface area contributed by atoms with Gasteiger partial charge in [0.2, 0.25) is 0 Å². The molecule has 0 fully saturated rings. The van der Waals surface area contributed by atoms with Gasteiger partial charge in [0.1, 0.15) is 6.61 Å². The molecule has 0 aromatic heterocycles. The van der Waals surface area contributed by atoms with Gasteiger partial charge in [-0.3, -0.25) is 4.79 Å². The standard InChI is InChI=1S/C45H90O14/c1-3-5-7-9-11-12-13-14-16-18-20-47-21-22-48-23-24-49-25-26-50-27-28-51-29-30-52-31-32-53-33-34-54-35-36-55-37-38-56-39-40-57-41-42-58-43-44-59-45(46)19-17-15-10-8-6-4-2/h3-44H2,1-2H3. The van der Waals surface area contributed by atoms with Crippen LogP contribution in [0, 0.1) is 0 Å². The van der Waals surface area contributed by atoms with Crippen molar-refractivity contribution in [2.45, 2.75) is 123 Å². The lowest BCUT2D eigenvalue weighted by Gasteiger charge is -2.09. The van der Waals surface area contributed by atoms with Crippen molar-refractivity contribution in [3.05, 3.63) is 0 Å². The fraction of sp³-hybridized carbons (Fsp3) is 0.978. The molecule has 354 valence electrons. The Morgan fingerprint density at radius 2 is 0.441 bits per heavy atom. The minimum atomic E-state index is -0.143. The van der Waals surface area contributed by atoms with E-state index in [9.17, 15) is 4.79 Å². The number of ether oxygens (including phenoxy) is 13. The maximum absolute atomic E-state index is 11.7. The van der Waals surface area contributed by atoms with Crippen molar-refractivity contribution in [1.82, 2.24) is 0 Å². The molecule has 0 radical (unpaired) electrons. The van der Waals surface area contributed by atoms with Crippen LogP contribution in [0.2, 0.25) is 0 Å². The minimum absolute atomic E-state index is 0.143. The molecular formula is C45H90O14. The maximum atomic E-state index is 11.7. The molecule has 0 bridgehead atoms. The third-order valence-corrected chi connectivity index (χ3v) is 8.96. The summed E-state index contributed by atoms with van der Waals surface area (Å²) in [6, 6.07) is 0. The van der Waals surface area contributed by atoms with Crippen LogP contribution in [0.3, 0.4) is 0 Å². The molecule has 0 aliphatic heterocycles. The van der Waals surface area contributed by atoms with Gasteiger partial charge in [-0.05, 0) is 12.8 Å². The third-order valence-electron chi connectivity index (χ3n) is 8.96. The van der Waals surface area contributed by atoms with Crippen molar-refractivity contribution in [3.63, 3.8) is 0 Å². The zero-order valence-electron chi connectivity index (χ0n) is 37.9. The van der Waals surface area contributed by atoms with E-state index in [1.165, 1.54) is 83.5 Å². The van der Waals surface area contributed by atoms with E-state index in [1.807, 2.05) is 0 Å². The van der Waals surface area contributed by atoms with Crippen LogP contribution in [-0.2, 0) is 66.4 Å². The largest absolute Gasteiger partial charge is 0.463 e. The number of hydrogen-bond donors (Lipinski definition) is 0. The van der Waals surface area contributed by atoms with Crippen LogP contribution in [0.5, 0.6) is 0 Å². The molecule has 0 spiro atoms. The number of carbonyl (C=O) groups is 1. The SMILES string of the molecule is CCCCCCCCCCCCOCCOCCOCCOCCOCCOCCOCCOCCOCCOCCOCCOCCOC(=O)CCCCCCCC. The molecular weight excluding hydrogens is 764 g/mol. The summed E-state index contributed by atoms with van der Waals surface area (Å²) in [7, 11) is 0. The van der Waals surface area contributed by atoms with Gasteiger partial charge in [-0.25, -0.2) is 0 Å². The highest BCUT2D eigenvalue weighted by Gasteiger charge is 2.03. The van der Waals surface area contributed by atoms with Gasteiger partial charge < -0.3 is 61.6 Å². The smallest absolute Gasteiger partial charge is 0.305 e. The lowest BCUT2D eigenvalue weighted by atomic mass is 10.1. The van der Waals surface area contributed by atoms with Crippen molar-refractivity contribution >= 4 is 5.97 Å². The van der Waals surface area contributed by atoms with Gasteiger partial charge >= 0.3 is 5.97 Å². The van der Waals surface area contributed by atoms with Crippen LogP contribution in [-0.4, -0.2) is 171 Å². The van der Waals surface area contributed by atoms with E-state index in [-0.39, 0.29) is 12.6 Å². The van der Waals surface area contributed by atoms with Crippen molar-refractivity contribution in [2.75, 3.05) is 165 Å². The number of unbranched alkanes of at least 4 members (excludes halogenated alkanes) is 14. The Bertz CT molecular complexity index is 766. The van der Waals surface area contributed by atoms with E-state index < -0.39 is 0 Å². The zero-order chi connectivity index (χ0) is 42.5. The Labute approximate surface area is 359 Å². The predicted octanol–water partition coefficient (Wildman–Crippen LogP) is 7.40. The highest BCUT2D eigenvalue weighted by atomic mass is 16.6. The summed E-state index contributed by atoms with van der Waals surface area (Å²) in [4.78, 5) is 11.7. The molecule has 59 heavy (non-hydrogen) atoms. The summed E-state index contributed by atoms with van der Waals surface area (Å²) in [6.45, 7) is 17.4. The van der Waals surface area contributed by atoms with Crippen LogP contribution in [0.1, 0.15) is 123 Å². The topological polar surface area (TPSA) is 137 Å². The predicted molar refractivity (Wildman–Crippen MR) is 231 cm³/mol. The maximum Gasteiger partial charge on any atom is 0.305 e. The van der Waals surface area contributed by atoms with E-state index in [2.05, 4.69) is 13.8 Å². The molecule has 0 N–H and O–H groups in total. The fourth-order valence-corrected chi connectivity index (χ4v) is 5.55. The minimum Gasteiger partial charge on any atom is -0.463 e. The fourth-order valence-electron chi connectivity index (χ4n) is 5.55. The van der Waals surface area contributed by atoms with Crippen LogP contribution >= 0.6 is 0 Å². The average molecular weight is 855 g/mol. The summed E-state index contributed by atoms with van der Waals surface area (Å²) in [5.41, 5.74) is 0. The van der Waals surface area contributed by atoms with Crippen molar-refractivity contribution in [2.24, 2.45) is 0 Å². The summed E-state index contributed by atoms with van der Waals surface area (Å²) >= 11 is 0. The Morgan fingerprint density at radius 3 is 0.712 bits per heavy atom. The molecule has 0 heterocycles. The third kappa shape index (κ3) is 55.0. The average Bonchev–Trinajstić information content (AvgIpc) is 3.24. The van der Waals surface area contributed by atoms with E-state index in [1.54, 1.807) is 0 Å². The van der Waals surface area contributed by atoms with Crippen LogP contribution in [0.4, 0.5) is 0 Å². The molecule has 0 saturated heterocycles. The molecule has 0 amide bonds. The van der Waals surface area contributed by atoms with Gasteiger partial charge in [-0.15, -0.1) is 0 Å². The Morgan fingerprint density at radius 1 is 0.237 bits per heavy atom. The lowest BCUT2D eigenvalue weighted by molar-refractivity contribution is -0.145. The Kier molecular flexibility index (Phi) is 54.1. The molecule has 0 aromatic rings. The first kappa shape index (κ1) is 58.0. The van der Waals surface area contributed by atoms with Gasteiger partial charge in [0.15, 0.2) is 0 Å². The first-order valence-electron chi connectivity index (χ1n) is 23.4. The van der Waals surface area contributed by atoms with Crippen LogP contribution in [0.15, 0.2) is 0 Å². The summed E-state index contributed by atoms with van der Waals surface area (Å²) < 4.78 is 71.4. The Balaban J connectivity index is 3.09. The molecule has 0 atom stereocenters. The van der Waals surface area contributed by atoms with Gasteiger partial charge in [-0.1, -0.05) is 104 Å². The second kappa shape index (κ2) is 55.0. The molecule has 0 unspecified atom stereocenters. The van der Waals surface area contributed by atoms with Crippen molar-refractivity contribution in [3.8, 4) is 0 Å². The van der Waals surface area contributed by atoms with Gasteiger partial charge in [0.25, 0.3) is 0 Å². The van der Waals surface area contributed by atoms with Crippen molar-refractivity contribution in [1.29, 1.82) is 0 Å². The summed E-state index contributed by atoms with van der Waals surface area (Å²) in [6.07, 6.45) is 20.8. The molecule has 0 aliphatic carbocycles. The second-order valence-electron chi connectivity index (χ2n) is 14.3. The number of hydrogen-bond acceptors (Lipinski definition) is 14. The van der Waals surface area contributed by atoms with Gasteiger partial charge in [0.05, 0.1) is 152 Å². The van der Waals surface area contributed by atoms with Crippen molar-refractivity contribution < 1.29 is 66.4 Å². The van der Waals surface area contributed by atoms with Gasteiger partial charge in [-0.2, -0.15) is 0 Å². The van der Waals surface area contributed by atoms with E-state index >= 15 is 0 Å². The zero-order valence-corrected chi connectivity index (χ0v) is 37.9. The number of rotatable bonds is 54.